The largest absolute Gasteiger partial charge is 0.482 e. The highest BCUT2D eigenvalue weighted by molar-refractivity contribution is 9.10. The first-order valence-corrected chi connectivity index (χ1v) is 11.2. The second-order valence-electron chi connectivity index (χ2n) is 7.44. The Morgan fingerprint density at radius 2 is 1.88 bits per heavy atom. The zero-order valence-electron chi connectivity index (χ0n) is 17.9. The standard InChI is InChI=1S/C26H21BrN2O4/c1-2-16-6-8-19(9-7-16)31-15-24(30)32-20-10-11-21-23(13-20)33-26(29)22(14-28)25(21)17-4-3-5-18(27)12-17/h3-13,25H,2,15,29H2,1H3. The molecular weight excluding hydrogens is 484 g/mol. The summed E-state index contributed by atoms with van der Waals surface area (Å²) in [6, 6.07) is 22.4. The lowest BCUT2D eigenvalue weighted by Crippen LogP contribution is -2.21. The quantitative estimate of drug-likeness (QED) is 0.365. The second-order valence-corrected chi connectivity index (χ2v) is 8.36. The molecule has 0 saturated carbocycles. The molecule has 1 heterocycles. The third kappa shape index (κ3) is 5.02. The summed E-state index contributed by atoms with van der Waals surface area (Å²) in [6.07, 6.45) is 0.931. The summed E-state index contributed by atoms with van der Waals surface area (Å²) >= 11 is 3.47. The fourth-order valence-electron chi connectivity index (χ4n) is 3.65. The highest BCUT2D eigenvalue weighted by Crippen LogP contribution is 2.43. The van der Waals surface area contributed by atoms with Crippen LogP contribution in [-0.2, 0) is 11.2 Å². The van der Waals surface area contributed by atoms with E-state index < -0.39 is 11.9 Å². The van der Waals surface area contributed by atoms with Crippen molar-refractivity contribution < 1.29 is 19.0 Å². The fourth-order valence-corrected chi connectivity index (χ4v) is 4.07. The molecule has 166 valence electrons. The topological polar surface area (TPSA) is 94.6 Å². The molecule has 33 heavy (non-hydrogen) atoms. The van der Waals surface area contributed by atoms with Crippen LogP contribution in [0.15, 0.2) is 82.7 Å². The Labute approximate surface area is 200 Å². The van der Waals surface area contributed by atoms with Crippen LogP contribution >= 0.6 is 15.9 Å². The summed E-state index contributed by atoms with van der Waals surface area (Å²) in [5.74, 6) is 0.405. The molecule has 1 aliphatic heterocycles. The number of nitriles is 1. The molecule has 0 radical (unpaired) electrons. The van der Waals surface area contributed by atoms with E-state index >= 15 is 0 Å². The molecule has 0 amide bonds. The number of carbonyl (C=O) groups excluding carboxylic acids is 1. The first-order chi connectivity index (χ1) is 16.0. The van der Waals surface area contributed by atoms with Crippen LogP contribution in [0.25, 0.3) is 0 Å². The van der Waals surface area contributed by atoms with E-state index in [1.165, 1.54) is 5.56 Å². The maximum Gasteiger partial charge on any atom is 0.349 e. The highest BCUT2D eigenvalue weighted by Gasteiger charge is 2.31. The Bertz CT molecular complexity index is 1260. The minimum atomic E-state index is -0.546. The SMILES string of the molecule is CCc1ccc(OCC(=O)Oc2ccc3c(c2)OC(N)=C(C#N)C3c2cccc(Br)c2)cc1. The number of rotatable bonds is 6. The molecule has 1 aliphatic rings. The predicted molar refractivity (Wildman–Crippen MR) is 127 cm³/mol. The van der Waals surface area contributed by atoms with Crippen LogP contribution in [0.2, 0.25) is 0 Å². The first kappa shape index (κ1) is 22.4. The molecule has 4 rings (SSSR count). The van der Waals surface area contributed by atoms with Gasteiger partial charge in [-0.25, -0.2) is 4.79 Å². The van der Waals surface area contributed by atoms with Gasteiger partial charge in [-0.1, -0.05) is 53.2 Å². The minimum absolute atomic E-state index is 0.0253. The molecule has 0 saturated heterocycles. The summed E-state index contributed by atoms with van der Waals surface area (Å²) < 4.78 is 17.5. The van der Waals surface area contributed by atoms with E-state index in [2.05, 4.69) is 28.9 Å². The predicted octanol–water partition coefficient (Wildman–Crippen LogP) is 5.21. The highest BCUT2D eigenvalue weighted by atomic mass is 79.9. The molecule has 1 atom stereocenters. The van der Waals surface area contributed by atoms with Crippen LogP contribution in [-0.4, -0.2) is 12.6 Å². The third-order valence-corrected chi connectivity index (χ3v) is 5.79. The number of hydrogen-bond acceptors (Lipinski definition) is 6. The fraction of sp³-hybridized carbons (Fsp3) is 0.154. The lowest BCUT2D eigenvalue weighted by atomic mass is 9.83. The molecule has 3 aromatic rings. The van der Waals surface area contributed by atoms with Gasteiger partial charge in [0.2, 0.25) is 5.88 Å². The monoisotopic (exact) mass is 504 g/mol. The van der Waals surface area contributed by atoms with Crippen molar-refractivity contribution in [2.24, 2.45) is 5.73 Å². The van der Waals surface area contributed by atoms with Crippen molar-refractivity contribution in [1.29, 1.82) is 5.26 Å². The molecule has 0 aliphatic carbocycles. The number of benzene rings is 3. The third-order valence-electron chi connectivity index (χ3n) is 5.29. The Balaban J connectivity index is 1.51. The minimum Gasteiger partial charge on any atom is -0.482 e. The Kier molecular flexibility index (Phi) is 6.66. The average molecular weight is 505 g/mol. The number of ether oxygens (including phenoxy) is 3. The van der Waals surface area contributed by atoms with Crippen LogP contribution in [0.1, 0.15) is 29.5 Å². The van der Waals surface area contributed by atoms with Crippen LogP contribution in [0.5, 0.6) is 17.2 Å². The van der Waals surface area contributed by atoms with Crippen molar-refractivity contribution in [2.75, 3.05) is 6.61 Å². The summed E-state index contributed by atoms with van der Waals surface area (Å²) in [4.78, 5) is 12.3. The van der Waals surface area contributed by atoms with Gasteiger partial charge in [-0.2, -0.15) is 5.26 Å². The number of nitrogens with zero attached hydrogens (tertiary/aromatic N) is 1. The number of hydrogen-bond donors (Lipinski definition) is 1. The van der Waals surface area contributed by atoms with E-state index in [1.807, 2.05) is 48.5 Å². The van der Waals surface area contributed by atoms with Crippen molar-refractivity contribution in [3.05, 3.63) is 99.3 Å². The molecule has 0 spiro atoms. The van der Waals surface area contributed by atoms with Gasteiger partial charge in [0.15, 0.2) is 6.61 Å². The normalized spacial score (nSPS) is 14.6. The van der Waals surface area contributed by atoms with E-state index in [0.717, 1.165) is 22.0 Å². The zero-order valence-corrected chi connectivity index (χ0v) is 19.5. The molecule has 0 aromatic heterocycles. The van der Waals surface area contributed by atoms with Gasteiger partial charge < -0.3 is 19.9 Å². The number of carbonyl (C=O) groups is 1. The van der Waals surface area contributed by atoms with Crippen LogP contribution in [0.4, 0.5) is 0 Å². The lowest BCUT2D eigenvalue weighted by molar-refractivity contribution is -0.136. The molecule has 2 N–H and O–H groups in total. The van der Waals surface area contributed by atoms with Gasteiger partial charge in [-0.3, -0.25) is 0 Å². The zero-order chi connectivity index (χ0) is 23.4. The van der Waals surface area contributed by atoms with Crippen molar-refractivity contribution >= 4 is 21.9 Å². The van der Waals surface area contributed by atoms with Crippen LogP contribution < -0.4 is 19.9 Å². The summed E-state index contributed by atoms with van der Waals surface area (Å²) in [6.45, 7) is 1.84. The van der Waals surface area contributed by atoms with Crippen LogP contribution in [0.3, 0.4) is 0 Å². The number of allylic oxidation sites excluding steroid dienone is 1. The summed E-state index contributed by atoms with van der Waals surface area (Å²) in [5.41, 5.74) is 9.21. The van der Waals surface area contributed by atoms with Gasteiger partial charge >= 0.3 is 5.97 Å². The van der Waals surface area contributed by atoms with Crippen molar-refractivity contribution in [2.45, 2.75) is 19.3 Å². The number of esters is 1. The lowest BCUT2D eigenvalue weighted by Gasteiger charge is -2.26. The molecular formula is C26H21BrN2O4. The van der Waals surface area contributed by atoms with E-state index in [-0.39, 0.29) is 12.5 Å². The van der Waals surface area contributed by atoms with Gasteiger partial charge in [-0.05, 0) is 47.9 Å². The van der Waals surface area contributed by atoms with Crippen molar-refractivity contribution in [3.8, 4) is 23.3 Å². The molecule has 1 unspecified atom stereocenters. The number of fused-ring (bicyclic) bond motifs is 1. The van der Waals surface area contributed by atoms with Gasteiger partial charge in [0, 0.05) is 16.1 Å². The molecule has 6 nitrogen and oxygen atoms in total. The molecule has 0 bridgehead atoms. The summed E-state index contributed by atoms with van der Waals surface area (Å²) in [7, 11) is 0. The van der Waals surface area contributed by atoms with E-state index in [1.54, 1.807) is 18.2 Å². The number of nitrogens with two attached hydrogens (primary N) is 1. The van der Waals surface area contributed by atoms with Crippen LogP contribution in [0, 0.1) is 11.3 Å². The van der Waals surface area contributed by atoms with Gasteiger partial charge in [-0.15, -0.1) is 0 Å². The molecule has 3 aromatic carbocycles. The maximum absolute atomic E-state index is 12.3. The molecule has 7 heteroatoms. The Morgan fingerprint density at radius 1 is 1.12 bits per heavy atom. The van der Waals surface area contributed by atoms with Crippen molar-refractivity contribution in [3.63, 3.8) is 0 Å². The van der Waals surface area contributed by atoms with E-state index in [0.29, 0.717) is 22.8 Å². The number of aryl methyl sites for hydroxylation is 1. The van der Waals surface area contributed by atoms with E-state index in [4.69, 9.17) is 19.9 Å². The first-order valence-electron chi connectivity index (χ1n) is 10.4. The molecule has 0 fully saturated rings. The Morgan fingerprint density at radius 3 is 2.58 bits per heavy atom. The van der Waals surface area contributed by atoms with Gasteiger partial charge in [0.1, 0.15) is 28.9 Å². The average Bonchev–Trinajstić information content (AvgIpc) is 2.82. The maximum atomic E-state index is 12.3. The second kappa shape index (κ2) is 9.80. The van der Waals surface area contributed by atoms with Crippen molar-refractivity contribution in [1.82, 2.24) is 0 Å². The number of halogens is 1. The van der Waals surface area contributed by atoms with Gasteiger partial charge in [0.25, 0.3) is 0 Å². The summed E-state index contributed by atoms with van der Waals surface area (Å²) in [5, 5.41) is 9.68. The Hall–Kier alpha value is -3.76. The smallest absolute Gasteiger partial charge is 0.349 e. The van der Waals surface area contributed by atoms with E-state index in [9.17, 15) is 10.1 Å². The van der Waals surface area contributed by atoms with Gasteiger partial charge in [0.05, 0.1) is 5.92 Å².